The number of rotatable bonds is 3. The van der Waals surface area contributed by atoms with E-state index >= 15 is 0 Å². The van der Waals surface area contributed by atoms with Crippen molar-refractivity contribution >= 4 is 5.82 Å². The van der Waals surface area contributed by atoms with Gasteiger partial charge in [0.05, 0.1) is 12.8 Å². The SMILES string of the molecule is CNc1cc(C(C)(C)C)nc(-c2ccc(OC)cc2)n1. The molecule has 1 aromatic carbocycles. The molecule has 20 heavy (non-hydrogen) atoms. The number of ether oxygens (including phenoxy) is 1. The fourth-order valence-corrected chi connectivity index (χ4v) is 1.83. The normalized spacial score (nSPS) is 11.2. The van der Waals surface area contributed by atoms with Crippen LogP contribution in [0.4, 0.5) is 5.82 Å². The largest absolute Gasteiger partial charge is 0.497 e. The molecule has 0 spiro atoms. The van der Waals surface area contributed by atoms with Crippen molar-refractivity contribution in [1.82, 2.24) is 9.97 Å². The molecule has 0 saturated heterocycles. The summed E-state index contributed by atoms with van der Waals surface area (Å²) in [6.07, 6.45) is 0. The van der Waals surface area contributed by atoms with E-state index < -0.39 is 0 Å². The monoisotopic (exact) mass is 271 g/mol. The summed E-state index contributed by atoms with van der Waals surface area (Å²) in [4.78, 5) is 9.21. The summed E-state index contributed by atoms with van der Waals surface area (Å²) in [5.41, 5.74) is 1.98. The lowest BCUT2D eigenvalue weighted by molar-refractivity contribution is 0.415. The molecular weight excluding hydrogens is 250 g/mol. The van der Waals surface area contributed by atoms with Gasteiger partial charge in [0.2, 0.25) is 0 Å². The van der Waals surface area contributed by atoms with E-state index in [0.717, 1.165) is 28.6 Å². The minimum atomic E-state index is -0.0181. The predicted octanol–water partition coefficient (Wildman–Crippen LogP) is 3.49. The first-order chi connectivity index (χ1) is 9.44. The molecule has 1 aromatic heterocycles. The summed E-state index contributed by atoms with van der Waals surface area (Å²) in [5, 5.41) is 3.10. The second-order valence-electron chi connectivity index (χ2n) is 5.69. The lowest BCUT2D eigenvalue weighted by Gasteiger charge is -2.19. The van der Waals surface area contributed by atoms with Crippen molar-refractivity contribution in [1.29, 1.82) is 0 Å². The van der Waals surface area contributed by atoms with Crippen LogP contribution in [0.15, 0.2) is 30.3 Å². The number of methoxy groups -OCH3 is 1. The molecule has 0 fully saturated rings. The molecule has 4 nitrogen and oxygen atoms in total. The molecule has 0 saturated carbocycles. The van der Waals surface area contributed by atoms with Crippen LogP contribution in [0.25, 0.3) is 11.4 Å². The molecule has 0 atom stereocenters. The molecule has 1 N–H and O–H groups in total. The van der Waals surface area contributed by atoms with Gasteiger partial charge in [-0.3, -0.25) is 0 Å². The van der Waals surface area contributed by atoms with Gasteiger partial charge in [-0.2, -0.15) is 0 Å². The second kappa shape index (κ2) is 5.49. The van der Waals surface area contributed by atoms with Crippen molar-refractivity contribution in [2.24, 2.45) is 0 Å². The average Bonchev–Trinajstić information content (AvgIpc) is 2.46. The molecule has 0 unspecified atom stereocenters. The van der Waals surface area contributed by atoms with Gasteiger partial charge in [0, 0.05) is 24.1 Å². The molecule has 4 heteroatoms. The van der Waals surface area contributed by atoms with Crippen LogP contribution < -0.4 is 10.1 Å². The lowest BCUT2D eigenvalue weighted by atomic mass is 9.92. The Labute approximate surface area is 120 Å². The maximum atomic E-state index is 5.17. The first kappa shape index (κ1) is 14.3. The molecule has 0 bridgehead atoms. The van der Waals surface area contributed by atoms with E-state index in [4.69, 9.17) is 4.74 Å². The quantitative estimate of drug-likeness (QED) is 0.928. The highest BCUT2D eigenvalue weighted by atomic mass is 16.5. The third kappa shape index (κ3) is 3.07. The third-order valence-corrected chi connectivity index (χ3v) is 3.10. The lowest BCUT2D eigenvalue weighted by Crippen LogP contribution is -2.15. The van der Waals surface area contributed by atoms with Crippen molar-refractivity contribution in [3.63, 3.8) is 0 Å². The number of aromatic nitrogens is 2. The van der Waals surface area contributed by atoms with E-state index in [1.54, 1.807) is 7.11 Å². The molecular formula is C16H21N3O. The van der Waals surface area contributed by atoms with Gasteiger partial charge >= 0.3 is 0 Å². The summed E-state index contributed by atoms with van der Waals surface area (Å²) in [7, 11) is 3.53. The summed E-state index contributed by atoms with van der Waals surface area (Å²) >= 11 is 0. The number of benzene rings is 1. The van der Waals surface area contributed by atoms with Crippen molar-refractivity contribution < 1.29 is 4.74 Å². The van der Waals surface area contributed by atoms with Gasteiger partial charge in [-0.1, -0.05) is 20.8 Å². The topological polar surface area (TPSA) is 47.0 Å². The fraction of sp³-hybridized carbons (Fsp3) is 0.375. The third-order valence-electron chi connectivity index (χ3n) is 3.10. The van der Waals surface area contributed by atoms with Crippen LogP contribution in [0.3, 0.4) is 0 Å². The number of nitrogens with zero attached hydrogens (tertiary/aromatic N) is 2. The smallest absolute Gasteiger partial charge is 0.161 e. The summed E-state index contributed by atoms with van der Waals surface area (Å²) in [6, 6.07) is 9.77. The molecule has 0 aliphatic rings. The van der Waals surface area contributed by atoms with Gasteiger partial charge < -0.3 is 10.1 Å². The van der Waals surface area contributed by atoms with Crippen LogP contribution in [0.2, 0.25) is 0 Å². The van der Waals surface area contributed by atoms with Crippen molar-refractivity contribution in [3.05, 3.63) is 36.0 Å². The van der Waals surface area contributed by atoms with Crippen LogP contribution in [-0.4, -0.2) is 24.1 Å². The minimum Gasteiger partial charge on any atom is -0.497 e. The van der Waals surface area contributed by atoms with Gasteiger partial charge in [-0.05, 0) is 24.3 Å². The summed E-state index contributed by atoms with van der Waals surface area (Å²) < 4.78 is 5.17. The highest BCUT2D eigenvalue weighted by Crippen LogP contribution is 2.26. The fourth-order valence-electron chi connectivity index (χ4n) is 1.83. The highest BCUT2D eigenvalue weighted by Gasteiger charge is 2.18. The van der Waals surface area contributed by atoms with Crippen LogP contribution >= 0.6 is 0 Å². The summed E-state index contributed by atoms with van der Waals surface area (Å²) in [6.45, 7) is 6.44. The number of hydrogen-bond donors (Lipinski definition) is 1. The van der Waals surface area contributed by atoms with E-state index in [1.807, 2.05) is 37.4 Å². The molecule has 2 aromatic rings. The molecule has 1 heterocycles. The second-order valence-corrected chi connectivity index (χ2v) is 5.69. The molecule has 0 amide bonds. The Morgan fingerprint density at radius 1 is 1.05 bits per heavy atom. The Morgan fingerprint density at radius 3 is 2.20 bits per heavy atom. The predicted molar refractivity (Wildman–Crippen MR) is 82.3 cm³/mol. The van der Waals surface area contributed by atoms with E-state index in [9.17, 15) is 0 Å². The Morgan fingerprint density at radius 2 is 1.70 bits per heavy atom. The van der Waals surface area contributed by atoms with Gasteiger partial charge in [0.25, 0.3) is 0 Å². The zero-order valence-electron chi connectivity index (χ0n) is 12.7. The molecule has 2 rings (SSSR count). The van der Waals surface area contributed by atoms with Crippen molar-refractivity contribution in [2.45, 2.75) is 26.2 Å². The number of anilines is 1. The van der Waals surface area contributed by atoms with Crippen LogP contribution in [0, 0.1) is 0 Å². The zero-order chi connectivity index (χ0) is 14.8. The van der Waals surface area contributed by atoms with Gasteiger partial charge in [-0.15, -0.1) is 0 Å². The van der Waals surface area contributed by atoms with Gasteiger partial charge in [0.1, 0.15) is 11.6 Å². The minimum absolute atomic E-state index is 0.0181. The maximum Gasteiger partial charge on any atom is 0.161 e. The first-order valence-corrected chi connectivity index (χ1v) is 6.66. The zero-order valence-corrected chi connectivity index (χ0v) is 12.7. The summed E-state index contributed by atoms with van der Waals surface area (Å²) in [5.74, 6) is 2.38. The Bertz CT molecular complexity index is 586. The Balaban J connectivity index is 2.49. The highest BCUT2D eigenvalue weighted by molar-refractivity contribution is 5.59. The van der Waals surface area contributed by atoms with Crippen molar-refractivity contribution in [2.75, 3.05) is 19.5 Å². The Hall–Kier alpha value is -2.10. The van der Waals surface area contributed by atoms with E-state index in [0.29, 0.717) is 0 Å². The van der Waals surface area contributed by atoms with Crippen LogP contribution in [-0.2, 0) is 5.41 Å². The van der Waals surface area contributed by atoms with Crippen LogP contribution in [0.5, 0.6) is 5.75 Å². The molecule has 0 radical (unpaired) electrons. The number of hydrogen-bond acceptors (Lipinski definition) is 4. The standard InChI is InChI=1S/C16H21N3O/c1-16(2,3)13-10-14(17-4)19-15(18-13)11-6-8-12(20-5)9-7-11/h6-10H,1-5H3,(H,17,18,19). The van der Waals surface area contributed by atoms with E-state index in [2.05, 4.69) is 36.1 Å². The molecule has 0 aliphatic carbocycles. The van der Waals surface area contributed by atoms with Crippen LogP contribution in [0.1, 0.15) is 26.5 Å². The van der Waals surface area contributed by atoms with Gasteiger partial charge in [0.15, 0.2) is 5.82 Å². The van der Waals surface area contributed by atoms with E-state index in [-0.39, 0.29) is 5.41 Å². The van der Waals surface area contributed by atoms with Crippen molar-refractivity contribution in [3.8, 4) is 17.1 Å². The molecule has 0 aliphatic heterocycles. The average molecular weight is 271 g/mol. The molecule has 106 valence electrons. The Kier molecular flexibility index (Phi) is 3.93. The number of nitrogens with one attached hydrogen (secondary N) is 1. The maximum absolute atomic E-state index is 5.17. The first-order valence-electron chi connectivity index (χ1n) is 6.66. The van der Waals surface area contributed by atoms with E-state index in [1.165, 1.54) is 0 Å². The van der Waals surface area contributed by atoms with Gasteiger partial charge in [-0.25, -0.2) is 9.97 Å².